The molecule has 2 N–H and O–H groups in total. The van der Waals surface area contributed by atoms with Gasteiger partial charge in [0.05, 0.1) is 7.11 Å². The highest BCUT2D eigenvalue weighted by molar-refractivity contribution is 5.76. The molecule has 0 spiro atoms. The van der Waals surface area contributed by atoms with Crippen molar-refractivity contribution in [2.45, 2.75) is 18.4 Å². The zero-order valence-electron chi connectivity index (χ0n) is 7.73. The third kappa shape index (κ3) is 1.58. The lowest BCUT2D eigenvalue weighted by Crippen LogP contribution is -2.31. The van der Waals surface area contributed by atoms with Gasteiger partial charge in [-0.1, -0.05) is 5.21 Å². The third-order valence-corrected chi connectivity index (χ3v) is 2.34. The van der Waals surface area contributed by atoms with Gasteiger partial charge in [-0.25, -0.2) is 0 Å². The van der Waals surface area contributed by atoms with E-state index in [4.69, 9.17) is 0 Å². The lowest BCUT2D eigenvalue weighted by atomic mass is 10.1. The topological polar surface area (TPSA) is 92.8 Å². The van der Waals surface area contributed by atoms with E-state index in [0.717, 1.165) is 0 Å². The van der Waals surface area contributed by atoms with Gasteiger partial charge in [0.25, 0.3) is 0 Å². The Labute approximate surface area is 80.2 Å². The van der Waals surface area contributed by atoms with Crippen LogP contribution in [0.15, 0.2) is 0 Å². The number of methoxy groups -OCH3 is 1. The van der Waals surface area contributed by atoms with Crippen LogP contribution in [0.25, 0.3) is 0 Å². The van der Waals surface area contributed by atoms with Gasteiger partial charge in [0, 0.05) is 12.5 Å². The molecular formula is C7H11N5O2. The normalized spacial score (nSPS) is 26.4. The van der Waals surface area contributed by atoms with E-state index in [9.17, 15) is 4.79 Å². The van der Waals surface area contributed by atoms with Crippen LogP contribution in [0.1, 0.15) is 18.2 Å². The summed E-state index contributed by atoms with van der Waals surface area (Å²) in [5.41, 5.74) is 0. The van der Waals surface area contributed by atoms with Crippen molar-refractivity contribution in [1.29, 1.82) is 0 Å². The van der Waals surface area contributed by atoms with Crippen molar-refractivity contribution in [1.82, 2.24) is 25.9 Å². The molecule has 1 aromatic heterocycles. The molecule has 14 heavy (non-hydrogen) atoms. The van der Waals surface area contributed by atoms with Crippen molar-refractivity contribution in [3.05, 3.63) is 5.82 Å². The van der Waals surface area contributed by atoms with E-state index in [1.807, 2.05) is 0 Å². The summed E-state index contributed by atoms with van der Waals surface area (Å²) in [7, 11) is 1.38. The second-order valence-corrected chi connectivity index (χ2v) is 3.19. The number of tetrazole rings is 1. The van der Waals surface area contributed by atoms with Gasteiger partial charge < -0.3 is 10.1 Å². The van der Waals surface area contributed by atoms with Crippen LogP contribution in [0.5, 0.6) is 0 Å². The number of ether oxygens (including phenoxy) is 1. The Kier molecular flexibility index (Phi) is 2.40. The van der Waals surface area contributed by atoms with Crippen LogP contribution in [0, 0.1) is 0 Å². The highest BCUT2D eigenvalue weighted by atomic mass is 16.5. The van der Waals surface area contributed by atoms with Crippen LogP contribution in [0.4, 0.5) is 0 Å². The van der Waals surface area contributed by atoms with E-state index >= 15 is 0 Å². The number of esters is 1. The summed E-state index contributed by atoms with van der Waals surface area (Å²) < 4.78 is 4.63. The molecule has 7 heteroatoms. The van der Waals surface area contributed by atoms with Crippen LogP contribution in [0.3, 0.4) is 0 Å². The second-order valence-electron chi connectivity index (χ2n) is 3.19. The third-order valence-electron chi connectivity index (χ3n) is 2.34. The predicted octanol–water partition coefficient (Wildman–Crippen LogP) is -1.18. The molecule has 1 aliphatic heterocycles. The number of rotatable bonds is 2. The lowest BCUT2D eigenvalue weighted by Gasteiger charge is -2.05. The van der Waals surface area contributed by atoms with Crippen molar-refractivity contribution in [2.24, 2.45) is 0 Å². The molecule has 0 bridgehead atoms. The van der Waals surface area contributed by atoms with Crippen LogP contribution in [0.2, 0.25) is 0 Å². The molecule has 0 radical (unpaired) electrons. The fourth-order valence-corrected chi connectivity index (χ4v) is 1.60. The minimum atomic E-state index is -0.247. The highest BCUT2D eigenvalue weighted by Gasteiger charge is 2.32. The summed E-state index contributed by atoms with van der Waals surface area (Å²) in [5, 5.41) is 16.7. The number of hydrogen-bond donors (Lipinski definition) is 2. The largest absolute Gasteiger partial charge is 0.468 e. The first-order valence-electron chi connectivity index (χ1n) is 4.36. The van der Waals surface area contributed by atoms with Gasteiger partial charge in [0.2, 0.25) is 0 Å². The molecule has 0 saturated carbocycles. The molecule has 7 nitrogen and oxygen atoms in total. The monoisotopic (exact) mass is 197 g/mol. The SMILES string of the molecule is COC(=O)C1CC(c2nn[nH]n2)CN1. The Hall–Kier alpha value is -1.50. The molecule has 1 aliphatic rings. The summed E-state index contributed by atoms with van der Waals surface area (Å²) >= 11 is 0. The van der Waals surface area contributed by atoms with Gasteiger partial charge in [-0.2, -0.15) is 5.21 Å². The molecule has 76 valence electrons. The Bertz CT molecular complexity index is 312. The van der Waals surface area contributed by atoms with Crippen LogP contribution in [-0.4, -0.2) is 46.3 Å². The Morgan fingerprint density at radius 2 is 2.50 bits per heavy atom. The zero-order valence-corrected chi connectivity index (χ0v) is 7.73. The van der Waals surface area contributed by atoms with E-state index in [-0.39, 0.29) is 17.9 Å². The Balaban J connectivity index is 1.98. The predicted molar refractivity (Wildman–Crippen MR) is 45.3 cm³/mol. The maximum Gasteiger partial charge on any atom is 0.322 e. The number of H-pyrrole nitrogens is 1. The summed E-state index contributed by atoms with van der Waals surface area (Å²) in [4.78, 5) is 11.2. The number of aromatic nitrogens is 4. The highest BCUT2D eigenvalue weighted by Crippen LogP contribution is 2.22. The van der Waals surface area contributed by atoms with Crippen molar-refractivity contribution in [2.75, 3.05) is 13.7 Å². The van der Waals surface area contributed by atoms with Crippen molar-refractivity contribution < 1.29 is 9.53 Å². The maximum atomic E-state index is 11.2. The molecule has 2 heterocycles. The van der Waals surface area contributed by atoms with E-state index < -0.39 is 0 Å². The van der Waals surface area contributed by atoms with E-state index in [2.05, 4.69) is 30.7 Å². The fourth-order valence-electron chi connectivity index (χ4n) is 1.60. The second kappa shape index (κ2) is 3.70. The quantitative estimate of drug-likeness (QED) is 0.579. The molecule has 1 aromatic rings. The number of carbonyl (C=O) groups is 1. The first-order valence-corrected chi connectivity index (χ1v) is 4.36. The van der Waals surface area contributed by atoms with Gasteiger partial charge >= 0.3 is 5.97 Å². The molecule has 0 aliphatic carbocycles. The number of hydrogen-bond acceptors (Lipinski definition) is 6. The molecular weight excluding hydrogens is 186 g/mol. The average Bonchev–Trinajstić information content (AvgIpc) is 2.86. The smallest absolute Gasteiger partial charge is 0.322 e. The van der Waals surface area contributed by atoms with Crippen LogP contribution >= 0.6 is 0 Å². The van der Waals surface area contributed by atoms with Gasteiger partial charge in [0.1, 0.15) is 6.04 Å². The van der Waals surface area contributed by atoms with Crippen molar-refractivity contribution >= 4 is 5.97 Å². The van der Waals surface area contributed by atoms with Gasteiger partial charge in [-0.05, 0) is 6.42 Å². The summed E-state index contributed by atoms with van der Waals surface area (Å²) in [5.74, 6) is 0.540. The first-order chi connectivity index (χ1) is 6.81. The molecule has 1 fully saturated rings. The van der Waals surface area contributed by atoms with Crippen molar-refractivity contribution in [3.8, 4) is 0 Å². The van der Waals surface area contributed by atoms with Gasteiger partial charge in [0.15, 0.2) is 5.82 Å². The van der Waals surface area contributed by atoms with E-state index in [1.165, 1.54) is 7.11 Å². The first kappa shape index (κ1) is 9.07. The summed E-state index contributed by atoms with van der Waals surface area (Å²) in [6, 6.07) is -0.247. The van der Waals surface area contributed by atoms with Gasteiger partial charge in [-0.15, -0.1) is 10.2 Å². The van der Waals surface area contributed by atoms with Crippen LogP contribution in [-0.2, 0) is 9.53 Å². The van der Waals surface area contributed by atoms with E-state index in [0.29, 0.717) is 18.8 Å². The molecule has 2 atom stereocenters. The number of nitrogens with zero attached hydrogens (tertiary/aromatic N) is 3. The number of carbonyl (C=O) groups excluding carboxylic acids is 1. The standard InChI is InChI=1S/C7H11N5O2/c1-14-7(13)5-2-4(3-8-5)6-9-11-12-10-6/h4-5,8H,2-3H2,1H3,(H,9,10,11,12). The number of nitrogens with one attached hydrogen (secondary N) is 2. The van der Waals surface area contributed by atoms with E-state index in [1.54, 1.807) is 0 Å². The van der Waals surface area contributed by atoms with Crippen molar-refractivity contribution in [3.63, 3.8) is 0 Å². The molecule has 2 unspecified atom stereocenters. The zero-order chi connectivity index (χ0) is 9.97. The summed E-state index contributed by atoms with van der Waals surface area (Å²) in [6.45, 7) is 0.680. The van der Waals surface area contributed by atoms with Gasteiger partial charge in [-0.3, -0.25) is 4.79 Å². The molecule has 0 amide bonds. The molecule has 0 aromatic carbocycles. The minimum Gasteiger partial charge on any atom is -0.468 e. The molecule has 2 rings (SSSR count). The average molecular weight is 197 g/mol. The fraction of sp³-hybridized carbons (Fsp3) is 0.714. The van der Waals surface area contributed by atoms with Crippen LogP contribution < -0.4 is 5.32 Å². The molecule has 1 saturated heterocycles. The lowest BCUT2D eigenvalue weighted by molar-refractivity contribution is -0.142. The Morgan fingerprint density at radius 1 is 1.64 bits per heavy atom. The number of aromatic amines is 1. The Morgan fingerprint density at radius 3 is 3.14 bits per heavy atom. The maximum absolute atomic E-state index is 11.2. The minimum absolute atomic E-state index is 0.137. The summed E-state index contributed by atoms with van der Waals surface area (Å²) in [6.07, 6.45) is 0.659.